The number of pyridine rings is 1. The SMILES string of the molecule is CC1CN(C(=O)OCCC2CCCC2)CCN1C(=O)c1ccc(NS(O)(O)c2cccc3cccnc23)cc1. The molecule has 5 rings (SSSR count). The van der Waals surface area contributed by atoms with Gasteiger partial charge in [-0.2, -0.15) is 0 Å². The van der Waals surface area contributed by atoms with Gasteiger partial charge in [0.2, 0.25) is 0 Å². The van der Waals surface area contributed by atoms with E-state index in [9.17, 15) is 18.7 Å². The van der Waals surface area contributed by atoms with Crippen molar-refractivity contribution in [2.75, 3.05) is 31.0 Å². The van der Waals surface area contributed by atoms with E-state index in [-0.39, 0.29) is 18.0 Å². The lowest BCUT2D eigenvalue weighted by Crippen LogP contribution is -2.55. The van der Waals surface area contributed by atoms with Crippen molar-refractivity contribution in [3.8, 4) is 0 Å². The molecule has 1 saturated carbocycles. The van der Waals surface area contributed by atoms with Gasteiger partial charge in [0.25, 0.3) is 5.91 Å². The molecule has 9 nitrogen and oxygen atoms in total. The molecule has 1 aliphatic heterocycles. The molecule has 208 valence electrons. The average molecular weight is 553 g/mol. The van der Waals surface area contributed by atoms with Crippen molar-refractivity contribution < 1.29 is 23.4 Å². The molecule has 0 bridgehead atoms. The standard InChI is InChI=1S/C29H36N4O5S/c1-21-20-32(29(35)38-19-15-22-6-2-3-7-22)17-18-33(21)28(34)24-11-13-25(14-12-24)31-39(36,37)26-10-4-8-23-9-5-16-30-27(23)26/h4-5,8-14,16,21-22,31,36-37H,2-3,6-7,15,17-20H2,1H3. The summed E-state index contributed by atoms with van der Waals surface area (Å²) >= 11 is 0. The molecular formula is C29H36N4O5S. The highest BCUT2D eigenvalue weighted by atomic mass is 32.3. The summed E-state index contributed by atoms with van der Waals surface area (Å²) in [5, 5.41) is 0.810. The molecule has 2 aromatic carbocycles. The molecule has 2 aliphatic rings. The second-order valence-corrected chi connectivity index (χ2v) is 12.1. The normalized spacial score (nSPS) is 18.8. The lowest BCUT2D eigenvalue weighted by Gasteiger charge is -2.39. The first-order valence-electron chi connectivity index (χ1n) is 13.5. The number of piperazine rings is 1. The number of nitrogens with zero attached hydrogens (tertiary/aromatic N) is 3. The van der Waals surface area contributed by atoms with Gasteiger partial charge in [-0.15, -0.1) is 0 Å². The molecule has 3 aromatic rings. The molecule has 1 atom stereocenters. The third-order valence-electron chi connectivity index (χ3n) is 7.67. The summed E-state index contributed by atoms with van der Waals surface area (Å²) in [6.45, 7) is 3.66. The Morgan fingerprint density at radius 2 is 1.79 bits per heavy atom. The average Bonchev–Trinajstić information content (AvgIpc) is 3.46. The number of anilines is 1. The van der Waals surface area contributed by atoms with Gasteiger partial charge in [-0.25, -0.2) is 4.79 Å². The van der Waals surface area contributed by atoms with Gasteiger partial charge in [0, 0.05) is 42.8 Å². The Kier molecular flexibility index (Phi) is 8.25. The van der Waals surface area contributed by atoms with Gasteiger partial charge in [-0.05, 0) is 55.7 Å². The Hall–Kier alpha value is -3.34. The zero-order chi connectivity index (χ0) is 27.4. The Morgan fingerprint density at radius 1 is 1.05 bits per heavy atom. The number of nitrogens with one attached hydrogen (secondary N) is 1. The van der Waals surface area contributed by atoms with Crippen LogP contribution in [-0.4, -0.2) is 68.2 Å². The minimum absolute atomic E-state index is 0.131. The first-order valence-corrected chi connectivity index (χ1v) is 15.1. The topological polar surface area (TPSA) is 115 Å². The van der Waals surface area contributed by atoms with Crippen LogP contribution in [0.5, 0.6) is 0 Å². The van der Waals surface area contributed by atoms with Gasteiger partial charge >= 0.3 is 6.09 Å². The largest absolute Gasteiger partial charge is 0.449 e. The van der Waals surface area contributed by atoms with E-state index >= 15 is 0 Å². The highest BCUT2D eigenvalue weighted by molar-refractivity contribution is 8.25. The molecule has 39 heavy (non-hydrogen) atoms. The summed E-state index contributed by atoms with van der Waals surface area (Å²) in [4.78, 5) is 33.8. The van der Waals surface area contributed by atoms with Gasteiger partial charge in [0.15, 0.2) is 0 Å². The lowest BCUT2D eigenvalue weighted by atomic mass is 10.1. The van der Waals surface area contributed by atoms with E-state index in [1.807, 2.05) is 19.1 Å². The fourth-order valence-corrected chi connectivity index (χ4v) is 6.78. The Morgan fingerprint density at radius 3 is 2.54 bits per heavy atom. The number of ether oxygens (including phenoxy) is 1. The molecular weight excluding hydrogens is 516 g/mol. The first kappa shape index (κ1) is 27.2. The van der Waals surface area contributed by atoms with E-state index in [1.165, 1.54) is 25.7 Å². The van der Waals surface area contributed by atoms with Gasteiger partial charge < -0.3 is 14.5 Å². The summed E-state index contributed by atoms with van der Waals surface area (Å²) in [6.07, 6.45) is 7.26. The van der Waals surface area contributed by atoms with Crippen LogP contribution in [0.2, 0.25) is 0 Å². The molecule has 2 amide bonds. The predicted octanol–water partition coefficient (Wildman–Crippen LogP) is 6.23. The Bertz CT molecular complexity index is 1310. The van der Waals surface area contributed by atoms with Gasteiger partial charge in [0.1, 0.15) is 4.90 Å². The van der Waals surface area contributed by atoms with E-state index < -0.39 is 10.8 Å². The van der Waals surface area contributed by atoms with E-state index in [0.29, 0.717) is 53.8 Å². The number of carbonyl (C=O) groups excluding carboxylic acids is 2. The van der Waals surface area contributed by atoms with Crippen molar-refractivity contribution in [2.45, 2.75) is 50.0 Å². The molecule has 2 heterocycles. The van der Waals surface area contributed by atoms with E-state index in [4.69, 9.17) is 4.74 Å². The first-order chi connectivity index (χ1) is 18.8. The fraction of sp³-hybridized carbons (Fsp3) is 0.414. The smallest absolute Gasteiger partial charge is 0.409 e. The number of fused-ring (bicyclic) bond motifs is 1. The monoisotopic (exact) mass is 552 g/mol. The maximum absolute atomic E-state index is 13.2. The van der Waals surface area contributed by atoms with Crippen molar-refractivity contribution in [3.63, 3.8) is 0 Å². The zero-order valence-corrected chi connectivity index (χ0v) is 23.0. The van der Waals surface area contributed by atoms with Gasteiger partial charge in [0.05, 0.1) is 17.8 Å². The van der Waals surface area contributed by atoms with Gasteiger partial charge in [-0.1, -0.05) is 54.7 Å². The van der Waals surface area contributed by atoms with Crippen LogP contribution < -0.4 is 4.72 Å². The van der Waals surface area contributed by atoms with E-state index in [1.54, 1.807) is 58.5 Å². The minimum Gasteiger partial charge on any atom is -0.449 e. The third kappa shape index (κ3) is 6.29. The molecule has 1 aliphatic carbocycles. The lowest BCUT2D eigenvalue weighted by molar-refractivity contribution is 0.0403. The van der Waals surface area contributed by atoms with Crippen molar-refractivity contribution >= 4 is 39.4 Å². The number of benzene rings is 2. The molecule has 2 fully saturated rings. The number of hydrogen-bond donors (Lipinski definition) is 3. The molecule has 1 saturated heterocycles. The van der Waals surface area contributed by atoms with Crippen LogP contribution in [0.4, 0.5) is 10.5 Å². The number of amides is 2. The minimum atomic E-state index is -3.39. The highest BCUT2D eigenvalue weighted by Gasteiger charge is 2.31. The summed E-state index contributed by atoms with van der Waals surface area (Å²) in [7, 11) is -3.39. The van der Waals surface area contributed by atoms with Crippen molar-refractivity contribution in [1.29, 1.82) is 0 Å². The quantitative estimate of drug-likeness (QED) is 0.318. The molecule has 3 N–H and O–H groups in total. The van der Waals surface area contributed by atoms with Crippen LogP contribution in [-0.2, 0) is 4.74 Å². The Balaban J connectivity index is 1.16. The summed E-state index contributed by atoms with van der Waals surface area (Å²) in [6, 6.07) is 15.4. The van der Waals surface area contributed by atoms with Crippen LogP contribution in [0, 0.1) is 5.92 Å². The van der Waals surface area contributed by atoms with E-state index in [2.05, 4.69) is 9.71 Å². The number of hydrogen-bond acceptors (Lipinski definition) is 7. The maximum atomic E-state index is 13.2. The molecule has 1 aromatic heterocycles. The fourth-order valence-electron chi connectivity index (χ4n) is 5.50. The summed E-state index contributed by atoms with van der Waals surface area (Å²) in [5.41, 5.74) is 1.48. The maximum Gasteiger partial charge on any atom is 0.409 e. The van der Waals surface area contributed by atoms with E-state index in [0.717, 1.165) is 11.8 Å². The van der Waals surface area contributed by atoms with Crippen LogP contribution in [0.15, 0.2) is 65.7 Å². The zero-order valence-electron chi connectivity index (χ0n) is 22.2. The number of carbonyl (C=O) groups is 2. The molecule has 1 unspecified atom stereocenters. The molecule has 0 spiro atoms. The number of aromatic nitrogens is 1. The number of rotatable bonds is 7. The van der Waals surface area contributed by atoms with Crippen molar-refractivity contribution in [3.05, 3.63) is 66.4 Å². The third-order valence-corrected chi connectivity index (χ3v) is 9.13. The summed E-state index contributed by atoms with van der Waals surface area (Å²) < 4.78 is 30.1. The summed E-state index contributed by atoms with van der Waals surface area (Å²) in [5.74, 6) is 0.545. The van der Waals surface area contributed by atoms with Crippen molar-refractivity contribution in [1.82, 2.24) is 14.8 Å². The molecule has 0 radical (unpaired) electrons. The van der Waals surface area contributed by atoms with Gasteiger partial charge in [-0.3, -0.25) is 23.6 Å². The highest BCUT2D eigenvalue weighted by Crippen LogP contribution is 2.50. The Labute approximate surface area is 230 Å². The van der Waals surface area contributed by atoms with Crippen LogP contribution in [0.3, 0.4) is 0 Å². The number of para-hydroxylation sites is 1. The second-order valence-electron chi connectivity index (χ2n) is 10.4. The van der Waals surface area contributed by atoms with Crippen LogP contribution in [0.1, 0.15) is 49.4 Å². The molecule has 10 heteroatoms. The predicted molar refractivity (Wildman–Crippen MR) is 153 cm³/mol. The van der Waals surface area contributed by atoms with Crippen molar-refractivity contribution in [2.24, 2.45) is 5.92 Å². The second kappa shape index (κ2) is 11.8. The van der Waals surface area contributed by atoms with Crippen LogP contribution in [0.25, 0.3) is 10.9 Å². The van der Waals surface area contributed by atoms with Crippen LogP contribution >= 0.6 is 10.8 Å².